The molecule has 1 rings (SSSR count). The Balaban J connectivity index is 2.81. The summed E-state index contributed by atoms with van der Waals surface area (Å²) in [6.45, 7) is 0. The van der Waals surface area contributed by atoms with Crippen LogP contribution in [-0.4, -0.2) is 19.7 Å². The highest BCUT2D eigenvalue weighted by Crippen LogP contribution is 2.05. The zero-order valence-electron chi connectivity index (χ0n) is 5.94. The summed E-state index contributed by atoms with van der Waals surface area (Å²) in [5.41, 5.74) is 5.20. The van der Waals surface area contributed by atoms with Gasteiger partial charge in [-0.15, -0.1) is 0 Å². The molecule has 2 N–H and O–H groups in total. The van der Waals surface area contributed by atoms with Crippen molar-refractivity contribution in [1.29, 1.82) is 0 Å². The first-order valence-corrected chi connectivity index (χ1v) is 4.91. The first-order chi connectivity index (χ1) is 4.97. The molecule has 0 aliphatic carbocycles. The molecule has 5 nitrogen and oxygen atoms in total. The van der Waals surface area contributed by atoms with Crippen LogP contribution in [0.3, 0.4) is 0 Å². The second-order valence-corrected chi connectivity index (χ2v) is 4.38. The molecule has 6 heteroatoms. The molecule has 1 aromatic rings. The van der Waals surface area contributed by atoms with Gasteiger partial charge >= 0.3 is 0 Å². The Labute approximate surface area is 64.1 Å². The van der Waals surface area contributed by atoms with E-state index in [0.717, 1.165) is 6.26 Å². The number of nitrogens with zero attached hydrogens (tertiary/aromatic N) is 1. The van der Waals surface area contributed by atoms with Crippen LogP contribution in [0.15, 0.2) is 10.7 Å². The van der Waals surface area contributed by atoms with Crippen molar-refractivity contribution in [1.82, 2.24) is 4.98 Å². The normalized spacial score (nSPS) is 11.7. The number of hydrogen-bond donors (Lipinski definition) is 1. The van der Waals surface area contributed by atoms with Gasteiger partial charge in [-0.3, -0.25) is 0 Å². The van der Waals surface area contributed by atoms with E-state index >= 15 is 0 Å². The van der Waals surface area contributed by atoms with Gasteiger partial charge in [0.25, 0.3) is 0 Å². The fraction of sp³-hybridized carbons (Fsp3) is 0.400. The Hall–Kier alpha value is -1.04. The maximum atomic E-state index is 10.7. The zero-order valence-corrected chi connectivity index (χ0v) is 6.76. The lowest BCUT2D eigenvalue weighted by molar-refractivity contribution is 0.509. The van der Waals surface area contributed by atoms with Crippen molar-refractivity contribution in [2.75, 3.05) is 12.0 Å². The molecule has 0 saturated heterocycles. The van der Waals surface area contributed by atoms with Crippen molar-refractivity contribution in [2.45, 2.75) is 5.75 Å². The molecule has 0 fully saturated rings. The van der Waals surface area contributed by atoms with Crippen LogP contribution in [0.5, 0.6) is 0 Å². The van der Waals surface area contributed by atoms with Crippen LogP contribution in [0.2, 0.25) is 0 Å². The number of hydrogen-bond acceptors (Lipinski definition) is 5. The van der Waals surface area contributed by atoms with E-state index in [1.54, 1.807) is 0 Å². The van der Waals surface area contributed by atoms with Crippen LogP contribution in [0, 0.1) is 0 Å². The fourth-order valence-corrected chi connectivity index (χ4v) is 1.20. The molecule has 11 heavy (non-hydrogen) atoms. The quantitative estimate of drug-likeness (QED) is 0.674. The molecule has 1 aromatic heterocycles. The predicted octanol–water partition coefficient (Wildman–Crippen LogP) is -0.199. The molecule has 1 heterocycles. The molecule has 0 bridgehead atoms. The van der Waals surface area contributed by atoms with E-state index in [4.69, 9.17) is 10.2 Å². The molecular formula is C5H8N2O3S. The van der Waals surface area contributed by atoms with Gasteiger partial charge in [0.1, 0.15) is 12.0 Å². The Morgan fingerprint density at radius 3 is 2.73 bits per heavy atom. The molecule has 0 atom stereocenters. The Morgan fingerprint density at radius 2 is 2.36 bits per heavy atom. The van der Waals surface area contributed by atoms with Crippen molar-refractivity contribution in [3.63, 3.8) is 0 Å². The number of nitrogens with two attached hydrogens (primary N) is 1. The van der Waals surface area contributed by atoms with Gasteiger partial charge in [-0.05, 0) is 0 Å². The molecule has 62 valence electrons. The minimum absolute atomic E-state index is 0.130. The van der Waals surface area contributed by atoms with Crippen molar-refractivity contribution >= 4 is 15.7 Å². The van der Waals surface area contributed by atoms with Gasteiger partial charge in [-0.25, -0.2) is 8.42 Å². The van der Waals surface area contributed by atoms with Gasteiger partial charge in [0, 0.05) is 6.26 Å². The third kappa shape index (κ3) is 2.58. The zero-order chi connectivity index (χ0) is 8.48. The first kappa shape index (κ1) is 8.06. The highest BCUT2D eigenvalue weighted by molar-refractivity contribution is 7.89. The van der Waals surface area contributed by atoms with Crippen LogP contribution in [0.25, 0.3) is 0 Å². The van der Waals surface area contributed by atoms with Crippen LogP contribution in [0.4, 0.5) is 5.82 Å². The van der Waals surface area contributed by atoms with E-state index in [9.17, 15) is 8.42 Å². The maximum absolute atomic E-state index is 10.7. The highest BCUT2D eigenvalue weighted by atomic mass is 32.2. The second-order valence-electron chi connectivity index (χ2n) is 2.24. The van der Waals surface area contributed by atoms with E-state index in [1.165, 1.54) is 6.26 Å². The largest absolute Gasteiger partial charge is 0.446 e. The summed E-state index contributed by atoms with van der Waals surface area (Å²) in [4.78, 5) is 3.63. The number of nitrogen functional groups attached to an aromatic ring is 1. The standard InChI is InChI=1S/C5H8N2O3S/c1-11(8,9)3-5-7-4(6)2-10-5/h2H,3,6H2,1H3. The topological polar surface area (TPSA) is 86.2 Å². The van der Waals surface area contributed by atoms with E-state index in [2.05, 4.69) is 4.98 Å². The third-order valence-corrected chi connectivity index (χ3v) is 1.73. The van der Waals surface area contributed by atoms with Gasteiger partial charge in [0.2, 0.25) is 5.89 Å². The van der Waals surface area contributed by atoms with Gasteiger partial charge < -0.3 is 10.2 Å². The summed E-state index contributed by atoms with van der Waals surface area (Å²) < 4.78 is 26.1. The van der Waals surface area contributed by atoms with Gasteiger partial charge in [-0.1, -0.05) is 0 Å². The van der Waals surface area contributed by atoms with Crippen LogP contribution in [-0.2, 0) is 15.6 Å². The molecule has 0 unspecified atom stereocenters. The Morgan fingerprint density at radius 1 is 1.73 bits per heavy atom. The lowest BCUT2D eigenvalue weighted by atomic mass is 10.8. The van der Waals surface area contributed by atoms with Gasteiger partial charge in [0.15, 0.2) is 15.7 Å². The lowest BCUT2D eigenvalue weighted by Gasteiger charge is -1.89. The van der Waals surface area contributed by atoms with Crippen molar-refractivity contribution in [3.05, 3.63) is 12.2 Å². The van der Waals surface area contributed by atoms with Crippen molar-refractivity contribution in [3.8, 4) is 0 Å². The summed E-state index contributed by atoms with van der Waals surface area (Å²) in [5.74, 6) is 0.123. The molecule has 0 spiro atoms. The molecule has 0 aliphatic rings. The van der Waals surface area contributed by atoms with E-state index < -0.39 is 9.84 Å². The summed E-state index contributed by atoms with van der Waals surface area (Å²) in [5, 5.41) is 0. The third-order valence-electron chi connectivity index (χ3n) is 0.955. The van der Waals surface area contributed by atoms with Crippen molar-refractivity contribution < 1.29 is 12.8 Å². The van der Waals surface area contributed by atoms with Crippen LogP contribution < -0.4 is 5.73 Å². The average Bonchev–Trinajstić information content (AvgIpc) is 2.10. The van der Waals surface area contributed by atoms with Crippen LogP contribution in [0.1, 0.15) is 5.89 Å². The fourth-order valence-electron chi connectivity index (χ4n) is 0.616. The Bertz CT molecular complexity index is 340. The van der Waals surface area contributed by atoms with Gasteiger partial charge in [0.05, 0.1) is 0 Å². The maximum Gasteiger partial charge on any atom is 0.211 e. The highest BCUT2D eigenvalue weighted by Gasteiger charge is 2.08. The second kappa shape index (κ2) is 2.54. The average molecular weight is 176 g/mol. The summed E-state index contributed by atoms with van der Waals surface area (Å²) >= 11 is 0. The minimum atomic E-state index is -3.08. The predicted molar refractivity (Wildman–Crippen MR) is 39.5 cm³/mol. The molecular weight excluding hydrogens is 168 g/mol. The van der Waals surface area contributed by atoms with Gasteiger partial charge in [-0.2, -0.15) is 4.98 Å². The number of anilines is 1. The summed E-state index contributed by atoms with van der Waals surface area (Å²) in [6.07, 6.45) is 2.31. The molecule has 0 aromatic carbocycles. The van der Waals surface area contributed by atoms with Crippen LogP contribution >= 0.6 is 0 Å². The summed E-state index contributed by atoms with van der Waals surface area (Å²) in [7, 11) is -3.08. The number of sulfone groups is 1. The van der Waals surface area contributed by atoms with Crippen molar-refractivity contribution in [2.24, 2.45) is 0 Å². The molecule has 0 aliphatic heterocycles. The summed E-state index contributed by atoms with van der Waals surface area (Å²) in [6, 6.07) is 0. The van der Waals surface area contributed by atoms with E-state index in [1.807, 2.05) is 0 Å². The molecule has 0 saturated carbocycles. The molecule has 0 radical (unpaired) electrons. The Kier molecular flexibility index (Phi) is 1.86. The lowest BCUT2D eigenvalue weighted by Crippen LogP contribution is -2.00. The SMILES string of the molecule is CS(=O)(=O)Cc1nc(N)co1. The minimum Gasteiger partial charge on any atom is -0.446 e. The number of aromatic nitrogens is 1. The molecule has 0 amide bonds. The van der Waals surface area contributed by atoms with E-state index in [-0.39, 0.29) is 17.5 Å². The monoisotopic (exact) mass is 176 g/mol. The first-order valence-electron chi connectivity index (χ1n) is 2.85. The number of oxazole rings is 1. The number of rotatable bonds is 2. The van der Waals surface area contributed by atoms with E-state index in [0.29, 0.717) is 0 Å². The smallest absolute Gasteiger partial charge is 0.211 e.